The first-order valence-corrected chi connectivity index (χ1v) is 11.1. The lowest BCUT2D eigenvalue weighted by Gasteiger charge is -2.49. The Morgan fingerprint density at radius 1 is 1.03 bits per heavy atom. The molecule has 1 saturated heterocycles. The maximum atomic E-state index is 13.4. The fourth-order valence-electron chi connectivity index (χ4n) is 5.55. The highest BCUT2D eigenvalue weighted by atomic mass is 16.2. The number of carbonyl (C=O) groups excluding carboxylic acids is 1. The van der Waals surface area contributed by atoms with Gasteiger partial charge in [-0.1, -0.05) is 47.5 Å². The average molecular weight is 415 g/mol. The van der Waals surface area contributed by atoms with Gasteiger partial charge in [0.25, 0.3) is 5.91 Å². The Kier molecular flexibility index (Phi) is 4.94. The van der Waals surface area contributed by atoms with Gasteiger partial charge in [0.15, 0.2) is 0 Å². The molecule has 2 aliphatic heterocycles. The van der Waals surface area contributed by atoms with Crippen LogP contribution in [0.25, 0.3) is 11.3 Å². The standard InChI is InChI=1S/C26H30N4O/c1-19-12-20(2)14-22(13-19)25(31)29-11-7-10-26(17-29)16-28(3)15-23-24(27-18-30(23)26)21-8-5-4-6-9-21/h4-6,8-9,12-14,18H,7,10-11,15-17H2,1-3H3. The van der Waals surface area contributed by atoms with Crippen molar-refractivity contribution in [1.29, 1.82) is 0 Å². The van der Waals surface area contributed by atoms with Crippen LogP contribution in [0.5, 0.6) is 0 Å². The van der Waals surface area contributed by atoms with Crippen LogP contribution in [0.3, 0.4) is 0 Å². The Morgan fingerprint density at radius 3 is 2.52 bits per heavy atom. The summed E-state index contributed by atoms with van der Waals surface area (Å²) in [6.45, 7) is 7.45. The van der Waals surface area contributed by atoms with Crippen molar-refractivity contribution in [2.75, 3.05) is 26.7 Å². The van der Waals surface area contributed by atoms with Gasteiger partial charge in [0.05, 0.1) is 23.3 Å². The molecule has 5 rings (SSSR count). The van der Waals surface area contributed by atoms with Crippen molar-refractivity contribution in [3.63, 3.8) is 0 Å². The summed E-state index contributed by atoms with van der Waals surface area (Å²) in [5.74, 6) is 0.143. The molecule has 0 aliphatic carbocycles. The lowest BCUT2D eigenvalue weighted by Crippen LogP contribution is -2.58. The minimum absolute atomic E-state index is 0.130. The highest BCUT2D eigenvalue weighted by molar-refractivity contribution is 5.94. The molecule has 1 aromatic heterocycles. The van der Waals surface area contributed by atoms with E-state index in [1.54, 1.807) is 0 Å². The predicted molar refractivity (Wildman–Crippen MR) is 123 cm³/mol. The molecule has 3 aromatic rings. The molecule has 0 bridgehead atoms. The van der Waals surface area contributed by atoms with Crippen molar-refractivity contribution in [3.05, 3.63) is 77.2 Å². The molecule has 0 saturated carbocycles. The molecule has 1 fully saturated rings. The van der Waals surface area contributed by atoms with Crippen LogP contribution in [0, 0.1) is 13.8 Å². The van der Waals surface area contributed by atoms with Crippen LogP contribution in [-0.2, 0) is 12.1 Å². The van der Waals surface area contributed by atoms with Crippen LogP contribution in [0.2, 0.25) is 0 Å². The molecule has 1 unspecified atom stereocenters. The van der Waals surface area contributed by atoms with Gasteiger partial charge in [-0.3, -0.25) is 9.69 Å². The summed E-state index contributed by atoms with van der Waals surface area (Å²) in [7, 11) is 2.18. The SMILES string of the molecule is Cc1cc(C)cc(C(=O)N2CCCC3(CN(C)Cc4c(-c5ccccc5)ncn43)C2)c1. The first-order chi connectivity index (χ1) is 14.9. The molecule has 5 nitrogen and oxygen atoms in total. The van der Waals surface area contributed by atoms with Crippen LogP contribution < -0.4 is 0 Å². The number of hydrogen-bond acceptors (Lipinski definition) is 3. The van der Waals surface area contributed by atoms with E-state index in [2.05, 4.69) is 65.6 Å². The van der Waals surface area contributed by atoms with Gasteiger partial charge < -0.3 is 9.47 Å². The number of piperidine rings is 1. The molecule has 0 radical (unpaired) electrons. The summed E-state index contributed by atoms with van der Waals surface area (Å²) < 4.78 is 2.39. The number of carbonyl (C=O) groups is 1. The van der Waals surface area contributed by atoms with Crippen LogP contribution in [0.4, 0.5) is 0 Å². The van der Waals surface area contributed by atoms with Gasteiger partial charge in [-0.25, -0.2) is 4.98 Å². The van der Waals surface area contributed by atoms with Gasteiger partial charge in [-0.15, -0.1) is 0 Å². The Balaban J connectivity index is 1.50. The Bertz CT molecular complexity index is 1100. The zero-order valence-electron chi connectivity index (χ0n) is 18.6. The second-order valence-electron chi connectivity index (χ2n) is 9.38. The van der Waals surface area contributed by atoms with E-state index < -0.39 is 0 Å². The number of benzene rings is 2. The summed E-state index contributed by atoms with van der Waals surface area (Å²) in [5.41, 5.74) is 6.41. The van der Waals surface area contributed by atoms with Crippen LogP contribution in [-0.4, -0.2) is 51.9 Å². The zero-order valence-corrected chi connectivity index (χ0v) is 18.6. The molecule has 31 heavy (non-hydrogen) atoms. The molecular formula is C26H30N4O. The topological polar surface area (TPSA) is 41.4 Å². The number of aromatic nitrogens is 2. The highest BCUT2D eigenvalue weighted by Crippen LogP contribution is 2.38. The molecule has 160 valence electrons. The predicted octanol–water partition coefficient (Wildman–Crippen LogP) is 4.24. The molecule has 1 atom stereocenters. The number of amides is 1. The molecule has 1 amide bonds. The summed E-state index contributed by atoms with van der Waals surface area (Å²) in [4.78, 5) is 22.7. The number of hydrogen-bond donors (Lipinski definition) is 0. The van der Waals surface area contributed by atoms with Crippen LogP contribution in [0.15, 0.2) is 54.9 Å². The van der Waals surface area contributed by atoms with Gasteiger partial charge in [0.1, 0.15) is 0 Å². The molecule has 2 aliphatic rings. The van der Waals surface area contributed by atoms with Crippen LogP contribution >= 0.6 is 0 Å². The summed E-state index contributed by atoms with van der Waals surface area (Å²) in [6, 6.07) is 16.6. The highest BCUT2D eigenvalue weighted by Gasteiger charge is 2.44. The number of imidazole rings is 1. The minimum atomic E-state index is -0.130. The lowest BCUT2D eigenvalue weighted by atomic mass is 9.85. The van der Waals surface area contributed by atoms with E-state index in [4.69, 9.17) is 4.98 Å². The zero-order chi connectivity index (χ0) is 21.6. The number of rotatable bonds is 2. The Morgan fingerprint density at radius 2 is 1.77 bits per heavy atom. The molecule has 0 N–H and O–H groups in total. The molecular weight excluding hydrogens is 384 g/mol. The van der Waals surface area contributed by atoms with Crippen molar-refractivity contribution < 1.29 is 4.79 Å². The quantitative estimate of drug-likeness (QED) is 0.630. The summed E-state index contributed by atoms with van der Waals surface area (Å²) in [5, 5.41) is 0. The van der Waals surface area contributed by atoms with Crippen molar-refractivity contribution in [3.8, 4) is 11.3 Å². The van der Waals surface area contributed by atoms with Crippen molar-refractivity contribution in [2.24, 2.45) is 0 Å². The normalized spacial score (nSPS) is 21.3. The van der Waals surface area contributed by atoms with Crippen LogP contribution in [0.1, 0.15) is 40.0 Å². The third-order valence-corrected chi connectivity index (χ3v) is 6.72. The van der Waals surface area contributed by atoms with E-state index in [1.165, 1.54) is 5.69 Å². The van der Waals surface area contributed by atoms with Crippen molar-refractivity contribution in [1.82, 2.24) is 19.4 Å². The lowest BCUT2D eigenvalue weighted by molar-refractivity contribution is 0.0324. The Hall–Kier alpha value is -2.92. The monoisotopic (exact) mass is 414 g/mol. The third-order valence-electron chi connectivity index (χ3n) is 6.72. The smallest absolute Gasteiger partial charge is 0.253 e. The molecule has 2 aromatic carbocycles. The maximum Gasteiger partial charge on any atom is 0.253 e. The van der Waals surface area contributed by atoms with Gasteiger partial charge in [-0.2, -0.15) is 0 Å². The van der Waals surface area contributed by atoms with Crippen molar-refractivity contribution >= 4 is 5.91 Å². The van der Waals surface area contributed by atoms with E-state index in [0.29, 0.717) is 0 Å². The van der Waals surface area contributed by atoms with E-state index >= 15 is 0 Å². The maximum absolute atomic E-state index is 13.4. The second kappa shape index (κ2) is 7.65. The van der Waals surface area contributed by atoms with Gasteiger partial charge in [0, 0.05) is 37.3 Å². The number of aryl methyl sites for hydroxylation is 2. The number of fused-ring (bicyclic) bond motifs is 2. The summed E-state index contributed by atoms with van der Waals surface area (Å²) in [6.07, 6.45) is 4.07. The van der Waals surface area contributed by atoms with Crippen molar-refractivity contribution in [2.45, 2.75) is 38.8 Å². The molecule has 1 spiro atoms. The fraction of sp³-hybridized carbons (Fsp3) is 0.385. The minimum Gasteiger partial charge on any atom is -0.336 e. The van der Waals surface area contributed by atoms with Gasteiger partial charge in [0.2, 0.25) is 0 Å². The second-order valence-corrected chi connectivity index (χ2v) is 9.38. The number of likely N-dealkylation sites (tertiary alicyclic amines) is 1. The Labute approximate surface area is 184 Å². The van der Waals surface area contributed by atoms with Gasteiger partial charge >= 0.3 is 0 Å². The van der Waals surface area contributed by atoms with E-state index in [0.717, 1.165) is 67.0 Å². The largest absolute Gasteiger partial charge is 0.336 e. The first kappa shape index (κ1) is 20.0. The molecule has 3 heterocycles. The third kappa shape index (κ3) is 3.57. The number of nitrogens with zero attached hydrogens (tertiary/aromatic N) is 4. The van der Waals surface area contributed by atoms with E-state index in [-0.39, 0.29) is 11.4 Å². The van der Waals surface area contributed by atoms with E-state index in [1.807, 2.05) is 24.5 Å². The summed E-state index contributed by atoms with van der Waals surface area (Å²) >= 11 is 0. The van der Waals surface area contributed by atoms with Gasteiger partial charge in [-0.05, 0) is 45.9 Å². The average Bonchev–Trinajstić information content (AvgIpc) is 3.18. The van der Waals surface area contributed by atoms with E-state index in [9.17, 15) is 4.79 Å². The molecule has 5 heteroatoms. The first-order valence-electron chi connectivity index (χ1n) is 11.1. The number of likely N-dealkylation sites (N-methyl/N-ethyl adjacent to an activating group) is 1. The fourth-order valence-corrected chi connectivity index (χ4v) is 5.55.